The molecule has 2 aliphatic carbocycles. The zero-order chi connectivity index (χ0) is 9.42. The van der Waals surface area contributed by atoms with Crippen LogP contribution in [0.1, 0.15) is 12.8 Å². The molecule has 0 radical (unpaired) electrons. The van der Waals surface area contributed by atoms with Crippen LogP contribution in [0.4, 0.5) is 0 Å². The van der Waals surface area contributed by atoms with E-state index in [-0.39, 0.29) is 5.92 Å². The molecule has 0 heterocycles. The molecule has 1 N–H and O–H groups in total. The molecule has 0 spiro atoms. The maximum Gasteiger partial charge on any atom is 0.334 e. The number of carbonyl (C=O) groups excluding carboxylic acids is 1. The highest BCUT2D eigenvalue weighted by Gasteiger charge is 2.42. The van der Waals surface area contributed by atoms with Gasteiger partial charge in [0.15, 0.2) is 6.10 Å². The van der Waals surface area contributed by atoms with Gasteiger partial charge in [0.2, 0.25) is 0 Å². The van der Waals surface area contributed by atoms with Crippen molar-refractivity contribution < 1.29 is 14.6 Å². The summed E-state index contributed by atoms with van der Waals surface area (Å²) >= 11 is 0. The molecule has 1 saturated carbocycles. The van der Waals surface area contributed by atoms with Gasteiger partial charge in [-0.2, -0.15) is 0 Å². The Morgan fingerprint density at radius 1 is 1.54 bits per heavy atom. The second-order valence-corrected chi connectivity index (χ2v) is 3.91. The predicted molar refractivity (Wildman–Crippen MR) is 46.9 cm³/mol. The molecule has 4 unspecified atom stereocenters. The van der Waals surface area contributed by atoms with E-state index in [1.807, 2.05) is 0 Å². The average molecular weight is 182 g/mol. The molecule has 0 amide bonds. The number of hydrogen-bond donors (Lipinski definition) is 1. The molecule has 2 bridgehead atoms. The van der Waals surface area contributed by atoms with Crippen molar-refractivity contribution >= 4 is 5.97 Å². The van der Waals surface area contributed by atoms with Crippen molar-refractivity contribution in [3.05, 3.63) is 12.2 Å². The van der Waals surface area contributed by atoms with E-state index in [4.69, 9.17) is 0 Å². The van der Waals surface area contributed by atoms with E-state index in [0.717, 1.165) is 12.8 Å². The lowest BCUT2D eigenvalue weighted by Gasteiger charge is -2.21. The number of esters is 1. The summed E-state index contributed by atoms with van der Waals surface area (Å²) in [6.45, 7) is 0. The summed E-state index contributed by atoms with van der Waals surface area (Å²) in [6.07, 6.45) is 5.40. The number of allylic oxidation sites excluding steroid dienone is 2. The van der Waals surface area contributed by atoms with Gasteiger partial charge in [-0.25, -0.2) is 4.79 Å². The van der Waals surface area contributed by atoms with Crippen molar-refractivity contribution in [2.75, 3.05) is 7.11 Å². The Morgan fingerprint density at radius 2 is 2.31 bits per heavy atom. The van der Waals surface area contributed by atoms with Gasteiger partial charge in [0.25, 0.3) is 0 Å². The lowest BCUT2D eigenvalue weighted by Crippen LogP contribution is -2.32. The molecule has 3 nitrogen and oxygen atoms in total. The third kappa shape index (κ3) is 1.37. The Hall–Kier alpha value is -0.830. The summed E-state index contributed by atoms with van der Waals surface area (Å²) in [5.74, 6) is 0.557. The van der Waals surface area contributed by atoms with E-state index in [1.165, 1.54) is 7.11 Å². The number of fused-ring (bicyclic) bond motifs is 2. The summed E-state index contributed by atoms with van der Waals surface area (Å²) < 4.78 is 4.52. The first-order valence-electron chi connectivity index (χ1n) is 4.66. The standard InChI is InChI=1S/C10H14O3/c1-13-10(12)9(11)8-5-6-2-3-7(8)4-6/h2-3,6-9,11H,4-5H2,1H3. The van der Waals surface area contributed by atoms with Gasteiger partial charge in [-0.05, 0) is 24.7 Å². The maximum atomic E-state index is 11.1. The normalized spacial score (nSPS) is 37.8. The molecule has 13 heavy (non-hydrogen) atoms. The number of aliphatic hydroxyl groups excluding tert-OH is 1. The van der Waals surface area contributed by atoms with Gasteiger partial charge in [0, 0.05) is 5.92 Å². The van der Waals surface area contributed by atoms with Crippen LogP contribution in [0, 0.1) is 17.8 Å². The molecular weight excluding hydrogens is 168 g/mol. The first-order valence-corrected chi connectivity index (χ1v) is 4.66. The van der Waals surface area contributed by atoms with Crippen LogP contribution in [0.15, 0.2) is 12.2 Å². The number of aliphatic hydroxyl groups is 1. The number of ether oxygens (including phenoxy) is 1. The van der Waals surface area contributed by atoms with E-state index in [2.05, 4.69) is 16.9 Å². The first-order chi connectivity index (χ1) is 6.22. The van der Waals surface area contributed by atoms with Crippen LogP contribution in [-0.2, 0) is 9.53 Å². The van der Waals surface area contributed by atoms with Gasteiger partial charge in [0.05, 0.1) is 7.11 Å². The van der Waals surface area contributed by atoms with E-state index >= 15 is 0 Å². The number of methoxy groups -OCH3 is 1. The van der Waals surface area contributed by atoms with Crippen molar-refractivity contribution in [1.82, 2.24) is 0 Å². The maximum absolute atomic E-state index is 11.1. The van der Waals surface area contributed by atoms with Crippen molar-refractivity contribution in [1.29, 1.82) is 0 Å². The molecule has 72 valence electrons. The molecule has 2 rings (SSSR count). The minimum Gasteiger partial charge on any atom is -0.467 e. The largest absolute Gasteiger partial charge is 0.467 e. The molecule has 1 fully saturated rings. The summed E-state index contributed by atoms with van der Waals surface area (Å²) in [5.41, 5.74) is 0. The first kappa shape index (κ1) is 8.75. The third-order valence-corrected chi connectivity index (χ3v) is 3.18. The number of hydrogen-bond acceptors (Lipinski definition) is 3. The Morgan fingerprint density at radius 3 is 2.77 bits per heavy atom. The smallest absolute Gasteiger partial charge is 0.334 e. The fourth-order valence-corrected chi connectivity index (χ4v) is 2.48. The van der Waals surface area contributed by atoms with Crippen LogP contribution >= 0.6 is 0 Å². The van der Waals surface area contributed by atoms with E-state index in [0.29, 0.717) is 11.8 Å². The Bertz CT molecular complexity index is 247. The molecule has 2 aliphatic rings. The van der Waals surface area contributed by atoms with Crippen LogP contribution in [0.2, 0.25) is 0 Å². The second kappa shape index (κ2) is 3.14. The second-order valence-electron chi connectivity index (χ2n) is 3.91. The lowest BCUT2D eigenvalue weighted by atomic mass is 9.88. The minimum atomic E-state index is -0.926. The van der Waals surface area contributed by atoms with Gasteiger partial charge in [-0.15, -0.1) is 0 Å². The van der Waals surface area contributed by atoms with Gasteiger partial charge >= 0.3 is 5.97 Å². The summed E-state index contributed by atoms with van der Waals surface area (Å²) in [7, 11) is 1.31. The number of rotatable bonds is 2. The Balaban J connectivity index is 2.02. The summed E-state index contributed by atoms with van der Waals surface area (Å²) in [5, 5.41) is 9.63. The van der Waals surface area contributed by atoms with Gasteiger partial charge in [0.1, 0.15) is 0 Å². The topological polar surface area (TPSA) is 46.5 Å². The Labute approximate surface area is 77.4 Å². The zero-order valence-corrected chi connectivity index (χ0v) is 7.64. The quantitative estimate of drug-likeness (QED) is 0.506. The average Bonchev–Trinajstić information content (AvgIpc) is 2.76. The van der Waals surface area contributed by atoms with Crippen molar-refractivity contribution in [2.24, 2.45) is 17.8 Å². The van der Waals surface area contributed by atoms with Gasteiger partial charge in [-0.3, -0.25) is 0 Å². The van der Waals surface area contributed by atoms with Crippen LogP contribution in [0.3, 0.4) is 0 Å². The minimum absolute atomic E-state index is 0.0856. The highest BCUT2D eigenvalue weighted by atomic mass is 16.5. The number of carbonyl (C=O) groups is 1. The molecule has 3 heteroatoms. The van der Waals surface area contributed by atoms with Crippen LogP contribution in [0.25, 0.3) is 0 Å². The lowest BCUT2D eigenvalue weighted by molar-refractivity contribution is -0.154. The molecule has 0 aromatic heterocycles. The van der Waals surface area contributed by atoms with E-state index in [9.17, 15) is 9.90 Å². The van der Waals surface area contributed by atoms with E-state index < -0.39 is 12.1 Å². The van der Waals surface area contributed by atoms with Crippen molar-refractivity contribution in [3.8, 4) is 0 Å². The Kier molecular flexibility index (Phi) is 2.12. The monoisotopic (exact) mass is 182 g/mol. The molecule has 0 aliphatic heterocycles. The van der Waals surface area contributed by atoms with Crippen LogP contribution in [0.5, 0.6) is 0 Å². The van der Waals surface area contributed by atoms with Crippen molar-refractivity contribution in [3.63, 3.8) is 0 Å². The van der Waals surface area contributed by atoms with Gasteiger partial charge in [-0.1, -0.05) is 12.2 Å². The highest BCUT2D eigenvalue weighted by Crippen LogP contribution is 2.44. The van der Waals surface area contributed by atoms with Crippen LogP contribution in [-0.4, -0.2) is 24.3 Å². The van der Waals surface area contributed by atoms with E-state index in [1.54, 1.807) is 0 Å². The summed E-state index contributed by atoms with van der Waals surface area (Å²) in [6, 6.07) is 0. The van der Waals surface area contributed by atoms with Crippen LogP contribution < -0.4 is 0 Å². The SMILES string of the molecule is COC(=O)C(O)C1CC2C=CC1C2. The molecular formula is C10H14O3. The molecule has 0 aromatic rings. The molecule has 4 atom stereocenters. The fourth-order valence-electron chi connectivity index (χ4n) is 2.48. The predicted octanol–water partition coefficient (Wildman–Crippen LogP) is 0.732. The highest BCUT2D eigenvalue weighted by molar-refractivity contribution is 5.74. The molecule has 0 aromatic carbocycles. The van der Waals surface area contributed by atoms with Crippen molar-refractivity contribution in [2.45, 2.75) is 18.9 Å². The third-order valence-electron chi connectivity index (χ3n) is 3.18. The van der Waals surface area contributed by atoms with Gasteiger partial charge < -0.3 is 9.84 Å². The molecule has 0 saturated heterocycles. The zero-order valence-electron chi connectivity index (χ0n) is 7.64. The summed E-state index contributed by atoms with van der Waals surface area (Å²) in [4.78, 5) is 11.1. The fraction of sp³-hybridized carbons (Fsp3) is 0.700.